The SMILES string of the molecule is CCOC(=O)C1=C(C)C(=[N+]=[N-])C(=O)CC1. The van der Waals surface area contributed by atoms with E-state index in [0.717, 1.165) is 0 Å². The van der Waals surface area contributed by atoms with Gasteiger partial charge < -0.3 is 10.3 Å². The van der Waals surface area contributed by atoms with Gasteiger partial charge in [-0.15, -0.1) is 0 Å². The molecule has 0 unspecified atom stereocenters. The Balaban J connectivity index is 3.08. The minimum atomic E-state index is -0.441. The van der Waals surface area contributed by atoms with E-state index in [1.165, 1.54) is 0 Å². The lowest BCUT2D eigenvalue weighted by molar-refractivity contribution is -0.138. The van der Waals surface area contributed by atoms with Gasteiger partial charge in [-0.2, -0.15) is 4.79 Å². The standard InChI is InChI=1S/C10H12N2O3/c1-3-15-10(14)7-4-5-8(13)9(12-11)6(7)2/h3-5H2,1-2H3. The molecule has 1 rings (SSSR count). The summed E-state index contributed by atoms with van der Waals surface area (Å²) >= 11 is 0. The van der Waals surface area contributed by atoms with E-state index in [-0.39, 0.29) is 24.5 Å². The van der Waals surface area contributed by atoms with E-state index in [1.54, 1.807) is 13.8 Å². The number of carbonyl (C=O) groups excluding carboxylic acids is 2. The molecule has 0 spiro atoms. The lowest BCUT2D eigenvalue weighted by Crippen LogP contribution is -2.26. The van der Waals surface area contributed by atoms with Crippen LogP contribution in [0.1, 0.15) is 26.7 Å². The highest BCUT2D eigenvalue weighted by Gasteiger charge is 2.32. The monoisotopic (exact) mass is 208 g/mol. The molecule has 0 aromatic heterocycles. The number of hydrogen-bond acceptors (Lipinski definition) is 3. The Morgan fingerprint density at radius 1 is 1.53 bits per heavy atom. The highest BCUT2D eigenvalue weighted by atomic mass is 16.5. The Kier molecular flexibility index (Phi) is 3.52. The second-order valence-electron chi connectivity index (χ2n) is 3.20. The minimum absolute atomic E-state index is 0.0377. The average molecular weight is 208 g/mol. The van der Waals surface area contributed by atoms with Gasteiger partial charge in [-0.05, 0) is 20.3 Å². The molecule has 0 saturated carbocycles. The fraction of sp³-hybridized carbons (Fsp3) is 0.500. The van der Waals surface area contributed by atoms with Gasteiger partial charge in [-0.3, -0.25) is 4.79 Å². The van der Waals surface area contributed by atoms with Crippen molar-refractivity contribution in [1.29, 1.82) is 0 Å². The van der Waals surface area contributed by atoms with Crippen molar-refractivity contribution in [3.05, 3.63) is 16.7 Å². The summed E-state index contributed by atoms with van der Waals surface area (Å²) in [7, 11) is 0. The van der Waals surface area contributed by atoms with Crippen LogP contribution in [-0.2, 0) is 14.3 Å². The fourth-order valence-corrected chi connectivity index (χ4v) is 1.50. The number of ether oxygens (including phenoxy) is 1. The van der Waals surface area contributed by atoms with E-state index in [9.17, 15) is 9.59 Å². The third-order valence-electron chi connectivity index (χ3n) is 2.30. The first-order chi connectivity index (χ1) is 7.11. The molecule has 0 aliphatic heterocycles. The second kappa shape index (κ2) is 4.66. The van der Waals surface area contributed by atoms with E-state index >= 15 is 0 Å². The van der Waals surface area contributed by atoms with Gasteiger partial charge in [0.25, 0.3) is 0 Å². The molecule has 0 radical (unpaired) electrons. The number of esters is 1. The molecular weight excluding hydrogens is 196 g/mol. The summed E-state index contributed by atoms with van der Waals surface area (Å²) < 4.78 is 4.84. The zero-order chi connectivity index (χ0) is 11.4. The Bertz CT molecular complexity index is 389. The van der Waals surface area contributed by atoms with Crippen LogP contribution in [0.3, 0.4) is 0 Å². The van der Waals surface area contributed by atoms with Gasteiger partial charge in [0.05, 0.1) is 12.2 Å². The molecule has 0 aromatic rings. The average Bonchev–Trinajstić information content (AvgIpc) is 2.18. The van der Waals surface area contributed by atoms with Gasteiger partial charge in [0.1, 0.15) is 0 Å². The molecule has 15 heavy (non-hydrogen) atoms. The Morgan fingerprint density at radius 3 is 2.73 bits per heavy atom. The van der Waals surface area contributed by atoms with Gasteiger partial charge in [-0.1, -0.05) is 0 Å². The molecule has 0 N–H and O–H groups in total. The van der Waals surface area contributed by atoms with Crippen molar-refractivity contribution < 1.29 is 19.1 Å². The van der Waals surface area contributed by atoms with E-state index in [4.69, 9.17) is 10.3 Å². The van der Waals surface area contributed by atoms with Crippen LogP contribution in [0.15, 0.2) is 11.1 Å². The van der Waals surface area contributed by atoms with Gasteiger partial charge in [0.2, 0.25) is 5.78 Å². The Hall–Kier alpha value is -1.74. The second-order valence-corrected chi connectivity index (χ2v) is 3.20. The number of allylic oxidation sites excluding steroid dienone is 1. The maximum absolute atomic E-state index is 11.4. The molecule has 0 aromatic carbocycles. The van der Waals surface area contributed by atoms with Crippen LogP contribution in [0, 0.1) is 0 Å². The number of nitrogens with zero attached hydrogens (tertiary/aromatic N) is 2. The number of Topliss-reactive ketones (excluding diaryl/α,β-unsaturated/α-hetero) is 1. The third kappa shape index (κ3) is 2.19. The van der Waals surface area contributed by atoms with Crippen molar-refractivity contribution in [2.75, 3.05) is 6.61 Å². The van der Waals surface area contributed by atoms with Crippen LogP contribution in [0.25, 0.3) is 5.53 Å². The summed E-state index contributed by atoms with van der Waals surface area (Å²) in [6.45, 7) is 3.58. The number of hydrogen-bond donors (Lipinski definition) is 0. The lowest BCUT2D eigenvalue weighted by Gasteiger charge is -2.12. The van der Waals surface area contributed by atoms with Crippen LogP contribution in [0.5, 0.6) is 0 Å². The van der Waals surface area contributed by atoms with E-state index in [1.807, 2.05) is 0 Å². The smallest absolute Gasteiger partial charge is 0.361 e. The fourth-order valence-electron chi connectivity index (χ4n) is 1.50. The Labute approximate surface area is 87.3 Å². The summed E-state index contributed by atoms with van der Waals surface area (Å²) in [6.07, 6.45) is 0.535. The first-order valence-electron chi connectivity index (χ1n) is 4.74. The first-order valence-corrected chi connectivity index (χ1v) is 4.74. The van der Waals surface area contributed by atoms with Gasteiger partial charge in [0.15, 0.2) is 0 Å². The summed E-state index contributed by atoms with van der Waals surface area (Å²) in [4.78, 5) is 25.6. The minimum Gasteiger partial charge on any atom is -0.463 e. The molecule has 5 nitrogen and oxygen atoms in total. The molecule has 0 heterocycles. The summed E-state index contributed by atoms with van der Waals surface area (Å²) in [5.41, 5.74) is 9.43. The van der Waals surface area contributed by atoms with Crippen molar-refractivity contribution in [3.8, 4) is 0 Å². The van der Waals surface area contributed by atoms with Crippen LogP contribution >= 0.6 is 0 Å². The van der Waals surface area contributed by atoms with E-state index in [2.05, 4.69) is 4.79 Å². The number of carbonyl (C=O) groups is 2. The summed E-state index contributed by atoms with van der Waals surface area (Å²) in [6, 6.07) is 0. The third-order valence-corrected chi connectivity index (χ3v) is 2.30. The van der Waals surface area contributed by atoms with Crippen LogP contribution in [-0.4, -0.2) is 28.9 Å². The first kappa shape index (κ1) is 11.3. The quantitative estimate of drug-likeness (QED) is 0.384. The van der Waals surface area contributed by atoms with Crippen LogP contribution in [0.2, 0.25) is 0 Å². The molecule has 80 valence electrons. The van der Waals surface area contributed by atoms with Crippen LogP contribution in [0.4, 0.5) is 0 Å². The highest BCUT2D eigenvalue weighted by molar-refractivity contribution is 6.45. The Morgan fingerprint density at radius 2 is 2.20 bits per heavy atom. The molecule has 0 saturated heterocycles. The maximum atomic E-state index is 11.4. The van der Waals surface area contributed by atoms with E-state index < -0.39 is 5.97 Å². The topological polar surface area (TPSA) is 79.8 Å². The summed E-state index contributed by atoms with van der Waals surface area (Å²) in [5.74, 6) is -0.688. The molecule has 0 atom stereocenters. The van der Waals surface area contributed by atoms with E-state index in [0.29, 0.717) is 17.6 Å². The van der Waals surface area contributed by atoms with Crippen molar-refractivity contribution in [1.82, 2.24) is 0 Å². The van der Waals surface area contributed by atoms with Crippen molar-refractivity contribution >= 4 is 17.5 Å². The van der Waals surface area contributed by atoms with Gasteiger partial charge >= 0.3 is 11.7 Å². The molecule has 0 bridgehead atoms. The normalized spacial score (nSPS) is 16.4. The number of ketones is 1. The lowest BCUT2D eigenvalue weighted by atomic mass is 9.90. The maximum Gasteiger partial charge on any atom is 0.361 e. The zero-order valence-corrected chi connectivity index (χ0v) is 8.74. The molecule has 1 aliphatic carbocycles. The summed E-state index contributed by atoms with van der Waals surface area (Å²) in [5, 5.41) is 0. The van der Waals surface area contributed by atoms with Crippen LogP contribution < -0.4 is 0 Å². The predicted octanol–water partition coefficient (Wildman–Crippen LogP) is 0.900. The van der Waals surface area contributed by atoms with Crippen molar-refractivity contribution in [3.63, 3.8) is 0 Å². The molecular formula is C10H12N2O3. The zero-order valence-electron chi connectivity index (χ0n) is 8.74. The molecule has 0 fully saturated rings. The van der Waals surface area contributed by atoms with Crippen molar-refractivity contribution in [2.24, 2.45) is 0 Å². The van der Waals surface area contributed by atoms with Crippen molar-refractivity contribution in [2.45, 2.75) is 26.7 Å². The number of rotatable bonds is 2. The molecule has 0 amide bonds. The molecule has 1 aliphatic rings. The highest BCUT2D eigenvalue weighted by Crippen LogP contribution is 2.20. The van der Waals surface area contributed by atoms with Gasteiger partial charge in [-0.25, -0.2) is 4.79 Å². The van der Waals surface area contributed by atoms with Gasteiger partial charge in [0, 0.05) is 12.0 Å². The predicted molar refractivity (Wildman–Crippen MR) is 52.2 cm³/mol. The molecule has 5 heteroatoms. The largest absolute Gasteiger partial charge is 0.463 e.